The number of halogens is 1. The van der Waals surface area contributed by atoms with Gasteiger partial charge in [-0.05, 0) is 36.8 Å². The highest BCUT2D eigenvalue weighted by atomic mass is 19.1. The van der Waals surface area contributed by atoms with Crippen molar-refractivity contribution in [1.29, 1.82) is 0 Å². The number of nitrogens with one attached hydrogen (secondary N) is 1. The lowest BCUT2D eigenvalue weighted by atomic mass is 9.77. The first kappa shape index (κ1) is 17.9. The van der Waals surface area contributed by atoms with Crippen LogP contribution >= 0.6 is 0 Å². The first-order valence-corrected chi connectivity index (χ1v) is 9.22. The maximum atomic E-state index is 14.0. The van der Waals surface area contributed by atoms with Crippen molar-refractivity contribution in [2.45, 2.75) is 31.9 Å². The van der Waals surface area contributed by atoms with Gasteiger partial charge in [0.05, 0.1) is 12.1 Å². The van der Waals surface area contributed by atoms with E-state index in [4.69, 9.17) is 0 Å². The summed E-state index contributed by atoms with van der Waals surface area (Å²) in [5.74, 6) is -0.401. The Morgan fingerprint density at radius 3 is 2.67 bits per heavy atom. The number of aliphatic hydroxyl groups is 1. The van der Waals surface area contributed by atoms with Crippen molar-refractivity contribution in [2.24, 2.45) is 11.8 Å². The van der Waals surface area contributed by atoms with Crippen LogP contribution in [-0.4, -0.2) is 52.0 Å². The molecule has 0 radical (unpaired) electrons. The van der Waals surface area contributed by atoms with Gasteiger partial charge in [0.1, 0.15) is 17.0 Å². The molecule has 1 aliphatic heterocycles. The highest BCUT2D eigenvalue weighted by Gasteiger charge is 2.43. The number of carbonyl (C=O) groups excluding carboxylic acids is 2. The van der Waals surface area contributed by atoms with E-state index in [0.717, 1.165) is 0 Å². The van der Waals surface area contributed by atoms with Crippen LogP contribution in [0.4, 0.5) is 4.39 Å². The molecule has 6 nitrogen and oxygen atoms in total. The number of pyridine rings is 1. The number of hydrogen-bond acceptors (Lipinski definition) is 4. The third-order valence-electron chi connectivity index (χ3n) is 5.71. The molecule has 2 fully saturated rings. The number of aliphatic hydroxyl groups excluding tert-OH is 1. The number of benzene rings is 1. The zero-order chi connectivity index (χ0) is 19.1. The molecule has 1 saturated heterocycles. The summed E-state index contributed by atoms with van der Waals surface area (Å²) >= 11 is 0. The topological polar surface area (TPSA) is 82.5 Å². The fraction of sp³-hybridized carbons (Fsp3) is 0.450. The van der Waals surface area contributed by atoms with Crippen LogP contribution in [0.15, 0.2) is 30.3 Å². The van der Waals surface area contributed by atoms with Gasteiger partial charge in [-0.1, -0.05) is 18.2 Å². The van der Waals surface area contributed by atoms with Gasteiger partial charge in [-0.2, -0.15) is 0 Å². The molecular formula is C20H22FN3O3. The summed E-state index contributed by atoms with van der Waals surface area (Å²) in [5.41, 5.74) is 0.423. The molecule has 0 spiro atoms. The lowest BCUT2D eigenvalue weighted by Gasteiger charge is -2.35. The number of fused-ring (bicyclic) bond motifs is 2. The second-order valence-electron chi connectivity index (χ2n) is 7.58. The van der Waals surface area contributed by atoms with E-state index >= 15 is 0 Å². The summed E-state index contributed by atoms with van der Waals surface area (Å²) in [6.07, 6.45) is 0.604. The minimum absolute atomic E-state index is 0.161. The molecule has 0 unspecified atom stereocenters. The van der Waals surface area contributed by atoms with Crippen LogP contribution in [0.3, 0.4) is 0 Å². The van der Waals surface area contributed by atoms with Gasteiger partial charge in [0.25, 0.3) is 5.91 Å². The van der Waals surface area contributed by atoms with Crippen LogP contribution in [0.5, 0.6) is 0 Å². The quantitative estimate of drug-likeness (QED) is 0.842. The fourth-order valence-electron chi connectivity index (χ4n) is 4.40. The fourth-order valence-corrected chi connectivity index (χ4v) is 4.40. The molecule has 2 aromatic rings. The predicted molar refractivity (Wildman–Crippen MR) is 97.4 cm³/mol. The van der Waals surface area contributed by atoms with Crippen molar-refractivity contribution >= 4 is 22.7 Å². The molecule has 1 saturated carbocycles. The van der Waals surface area contributed by atoms with E-state index < -0.39 is 11.9 Å². The molecule has 1 aromatic heterocycles. The van der Waals surface area contributed by atoms with E-state index in [-0.39, 0.29) is 40.9 Å². The van der Waals surface area contributed by atoms with Crippen LogP contribution in [0.2, 0.25) is 0 Å². The third-order valence-corrected chi connectivity index (χ3v) is 5.71. The van der Waals surface area contributed by atoms with E-state index in [1.165, 1.54) is 13.0 Å². The van der Waals surface area contributed by atoms with Crippen molar-refractivity contribution in [1.82, 2.24) is 15.2 Å². The van der Waals surface area contributed by atoms with Gasteiger partial charge >= 0.3 is 0 Å². The summed E-state index contributed by atoms with van der Waals surface area (Å²) < 4.78 is 14.0. The maximum absolute atomic E-state index is 14.0. The first-order valence-electron chi connectivity index (χ1n) is 9.22. The number of carbonyl (C=O) groups is 2. The lowest BCUT2D eigenvalue weighted by molar-refractivity contribution is -0.121. The van der Waals surface area contributed by atoms with Gasteiger partial charge in [0.2, 0.25) is 5.91 Å². The SMILES string of the molecule is CC(=O)N[C@@H]1C[C@@H]2CN(C(=O)c3ccc4cccc(F)c4n3)C[C@@H]2C[C@H]1O. The van der Waals surface area contributed by atoms with E-state index in [0.29, 0.717) is 31.3 Å². The molecule has 2 N–H and O–H groups in total. The van der Waals surface area contributed by atoms with Crippen molar-refractivity contribution in [3.8, 4) is 0 Å². The van der Waals surface area contributed by atoms with E-state index in [9.17, 15) is 19.1 Å². The molecule has 7 heteroatoms. The molecule has 27 heavy (non-hydrogen) atoms. The Balaban J connectivity index is 1.51. The van der Waals surface area contributed by atoms with E-state index in [2.05, 4.69) is 10.3 Å². The van der Waals surface area contributed by atoms with Gasteiger partial charge in [-0.15, -0.1) is 0 Å². The summed E-state index contributed by atoms with van der Waals surface area (Å²) in [6, 6.07) is 7.76. The average Bonchev–Trinajstić information content (AvgIpc) is 3.04. The highest BCUT2D eigenvalue weighted by molar-refractivity contribution is 5.95. The van der Waals surface area contributed by atoms with E-state index in [1.54, 1.807) is 29.2 Å². The molecule has 1 aliphatic carbocycles. The molecule has 1 aromatic carbocycles. The van der Waals surface area contributed by atoms with Crippen LogP contribution in [0.1, 0.15) is 30.3 Å². The van der Waals surface area contributed by atoms with Crippen LogP contribution in [-0.2, 0) is 4.79 Å². The van der Waals surface area contributed by atoms with Crippen LogP contribution in [0.25, 0.3) is 10.9 Å². The molecule has 2 heterocycles. The standard InChI is InChI=1S/C20H22FN3O3/c1-11(25)22-17-7-13-9-24(10-14(13)8-18(17)26)20(27)16-6-5-12-3-2-4-15(21)19(12)23-16/h2-6,13-14,17-18,26H,7-10H2,1H3,(H,22,25)/t13-,14+,17-,18-/m1/s1. The molecule has 4 atom stereocenters. The Bertz CT molecular complexity index is 903. The minimum Gasteiger partial charge on any atom is -0.391 e. The van der Waals surface area contributed by atoms with Crippen molar-refractivity contribution in [2.75, 3.05) is 13.1 Å². The average molecular weight is 371 g/mol. The number of hydrogen-bond donors (Lipinski definition) is 2. The smallest absolute Gasteiger partial charge is 0.272 e. The minimum atomic E-state index is -0.599. The molecule has 0 bridgehead atoms. The number of para-hydroxylation sites is 1. The van der Waals surface area contributed by atoms with Gasteiger partial charge in [0.15, 0.2) is 0 Å². The maximum Gasteiger partial charge on any atom is 0.272 e. The number of likely N-dealkylation sites (tertiary alicyclic amines) is 1. The molecule has 4 rings (SSSR count). The molecule has 2 aliphatic rings. The van der Waals surface area contributed by atoms with Gasteiger partial charge in [-0.25, -0.2) is 9.37 Å². The first-order chi connectivity index (χ1) is 12.9. The molecule has 2 amide bonds. The zero-order valence-electron chi connectivity index (χ0n) is 15.1. The van der Waals surface area contributed by atoms with Gasteiger partial charge in [0, 0.05) is 25.4 Å². The highest BCUT2D eigenvalue weighted by Crippen LogP contribution is 2.37. The summed E-state index contributed by atoms with van der Waals surface area (Å²) in [5, 5.41) is 13.7. The Morgan fingerprint density at radius 2 is 1.93 bits per heavy atom. The Morgan fingerprint density at radius 1 is 1.19 bits per heavy atom. The van der Waals surface area contributed by atoms with Gasteiger partial charge in [-0.3, -0.25) is 9.59 Å². The normalized spacial score (nSPS) is 27.4. The van der Waals surface area contributed by atoms with Crippen molar-refractivity contribution in [3.05, 3.63) is 41.8 Å². The summed E-state index contributed by atoms with van der Waals surface area (Å²) in [6.45, 7) is 2.54. The third kappa shape index (κ3) is 3.39. The molecular weight excluding hydrogens is 349 g/mol. The Kier molecular flexibility index (Phi) is 4.55. The Labute approximate surface area is 156 Å². The predicted octanol–water partition coefficient (Wildman–Crippen LogP) is 1.72. The van der Waals surface area contributed by atoms with E-state index in [1.807, 2.05) is 0 Å². The summed E-state index contributed by atoms with van der Waals surface area (Å²) in [7, 11) is 0. The van der Waals surface area contributed by atoms with Crippen LogP contribution in [0, 0.1) is 17.7 Å². The van der Waals surface area contributed by atoms with Crippen molar-refractivity contribution < 1.29 is 19.1 Å². The van der Waals surface area contributed by atoms with Crippen LogP contribution < -0.4 is 5.32 Å². The Hall–Kier alpha value is -2.54. The monoisotopic (exact) mass is 371 g/mol. The zero-order valence-corrected chi connectivity index (χ0v) is 15.1. The second-order valence-corrected chi connectivity index (χ2v) is 7.58. The number of nitrogens with zero attached hydrogens (tertiary/aromatic N) is 2. The second kappa shape index (κ2) is 6.88. The number of aromatic nitrogens is 1. The largest absolute Gasteiger partial charge is 0.391 e. The lowest BCUT2D eigenvalue weighted by Crippen LogP contribution is -2.48. The summed E-state index contributed by atoms with van der Waals surface area (Å²) in [4.78, 5) is 30.2. The number of amides is 2. The molecule has 142 valence electrons. The van der Waals surface area contributed by atoms with Gasteiger partial charge < -0.3 is 15.3 Å². The number of rotatable bonds is 2. The van der Waals surface area contributed by atoms with Crippen molar-refractivity contribution in [3.63, 3.8) is 0 Å².